The van der Waals surface area contributed by atoms with E-state index in [-0.39, 0.29) is 23.1 Å². The highest BCUT2D eigenvalue weighted by Gasteiger charge is 2.42. The molecule has 2 aliphatic rings. The van der Waals surface area contributed by atoms with Crippen LogP contribution in [0.25, 0.3) is 0 Å². The molecule has 1 spiro atoms. The minimum Gasteiger partial charge on any atom is -0.372 e. The summed E-state index contributed by atoms with van der Waals surface area (Å²) in [5.74, 6) is -0.411. The maximum atomic E-state index is 12.0. The topological polar surface area (TPSA) is 75.7 Å². The first-order valence-electron chi connectivity index (χ1n) is 6.60. The SMILES string of the molecule is CO[C@H](C)C(=O)N1CCC2(CC1)CC(=O)NC(=O)C2. The maximum Gasteiger partial charge on any atom is 0.251 e. The van der Waals surface area contributed by atoms with Crippen LogP contribution in [0.5, 0.6) is 0 Å². The minimum atomic E-state index is -0.440. The van der Waals surface area contributed by atoms with Crippen molar-refractivity contribution in [1.82, 2.24) is 10.2 Å². The third kappa shape index (κ3) is 2.94. The molecule has 0 aliphatic carbocycles. The summed E-state index contributed by atoms with van der Waals surface area (Å²) in [5.41, 5.74) is -0.244. The molecule has 0 aromatic heterocycles. The Balaban J connectivity index is 1.97. The fourth-order valence-electron chi connectivity index (χ4n) is 2.90. The summed E-state index contributed by atoms with van der Waals surface area (Å²) < 4.78 is 5.03. The predicted octanol–water partition coefficient (Wildman–Crippen LogP) is 0.0667. The van der Waals surface area contributed by atoms with E-state index in [2.05, 4.69) is 5.32 Å². The Labute approximate surface area is 112 Å². The number of hydrogen-bond donors (Lipinski definition) is 1. The lowest BCUT2D eigenvalue weighted by atomic mass is 9.71. The number of piperidine rings is 2. The van der Waals surface area contributed by atoms with Crippen molar-refractivity contribution in [2.75, 3.05) is 20.2 Å². The number of ether oxygens (including phenoxy) is 1. The zero-order valence-corrected chi connectivity index (χ0v) is 11.4. The summed E-state index contributed by atoms with van der Waals surface area (Å²) in [6, 6.07) is 0. The molecule has 1 N–H and O–H groups in total. The van der Waals surface area contributed by atoms with Crippen LogP contribution >= 0.6 is 0 Å². The number of rotatable bonds is 2. The molecule has 2 aliphatic heterocycles. The molecule has 3 amide bonds. The Hall–Kier alpha value is -1.43. The second-order valence-corrected chi connectivity index (χ2v) is 5.53. The van der Waals surface area contributed by atoms with Gasteiger partial charge in [0.15, 0.2) is 0 Å². The van der Waals surface area contributed by atoms with E-state index in [9.17, 15) is 14.4 Å². The number of imide groups is 1. The zero-order valence-electron chi connectivity index (χ0n) is 11.4. The van der Waals surface area contributed by atoms with Gasteiger partial charge in [-0.1, -0.05) is 0 Å². The van der Waals surface area contributed by atoms with E-state index < -0.39 is 6.10 Å². The standard InChI is InChI=1S/C13H20N2O4/c1-9(19-2)12(18)15-5-3-13(4-6-15)7-10(16)14-11(17)8-13/h9H,3-8H2,1-2H3,(H,14,16,17)/t9-/m1/s1. The van der Waals surface area contributed by atoms with Crippen LogP contribution in [0.3, 0.4) is 0 Å². The fraction of sp³-hybridized carbons (Fsp3) is 0.769. The van der Waals surface area contributed by atoms with Crippen molar-refractivity contribution < 1.29 is 19.1 Å². The van der Waals surface area contributed by atoms with Gasteiger partial charge in [0.25, 0.3) is 5.91 Å². The van der Waals surface area contributed by atoms with E-state index in [0.717, 1.165) is 0 Å². The molecule has 1 atom stereocenters. The van der Waals surface area contributed by atoms with E-state index in [0.29, 0.717) is 38.8 Å². The van der Waals surface area contributed by atoms with Crippen molar-refractivity contribution in [3.8, 4) is 0 Å². The summed E-state index contributed by atoms with van der Waals surface area (Å²) >= 11 is 0. The molecule has 19 heavy (non-hydrogen) atoms. The Morgan fingerprint density at radius 1 is 1.26 bits per heavy atom. The summed E-state index contributed by atoms with van der Waals surface area (Å²) in [6.45, 7) is 2.91. The van der Waals surface area contributed by atoms with Gasteiger partial charge in [0.05, 0.1) is 0 Å². The second-order valence-electron chi connectivity index (χ2n) is 5.53. The molecular formula is C13H20N2O4. The molecule has 0 unspecified atom stereocenters. The molecule has 0 saturated carbocycles. The predicted molar refractivity (Wildman–Crippen MR) is 67.1 cm³/mol. The summed E-state index contributed by atoms with van der Waals surface area (Å²) in [7, 11) is 1.51. The smallest absolute Gasteiger partial charge is 0.251 e. The Morgan fingerprint density at radius 3 is 2.26 bits per heavy atom. The number of amides is 3. The van der Waals surface area contributed by atoms with Gasteiger partial charge in [-0.25, -0.2) is 0 Å². The number of carbonyl (C=O) groups is 3. The molecule has 0 aromatic rings. The molecule has 0 radical (unpaired) electrons. The average Bonchev–Trinajstić information content (AvgIpc) is 2.36. The van der Waals surface area contributed by atoms with Crippen molar-refractivity contribution in [3.63, 3.8) is 0 Å². The molecule has 0 aromatic carbocycles. The van der Waals surface area contributed by atoms with Crippen LogP contribution in [0.4, 0.5) is 0 Å². The van der Waals surface area contributed by atoms with Crippen LogP contribution in [0, 0.1) is 5.41 Å². The zero-order chi connectivity index (χ0) is 14.0. The maximum absolute atomic E-state index is 12.0. The van der Waals surface area contributed by atoms with Crippen molar-refractivity contribution in [2.45, 2.75) is 38.7 Å². The Morgan fingerprint density at radius 2 is 1.79 bits per heavy atom. The van der Waals surface area contributed by atoms with Crippen LogP contribution in [0.1, 0.15) is 32.6 Å². The van der Waals surface area contributed by atoms with Gasteiger partial charge in [-0.3, -0.25) is 19.7 Å². The molecule has 2 rings (SSSR count). The molecule has 106 valence electrons. The molecule has 2 saturated heterocycles. The lowest BCUT2D eigenvalue weighted by Crippen LogP contribution is -2.52. The molecule has 6 heteroatoms. The normalized spacial score (nSPS) is 24.2. The van der Waals surface area contributed by atoms with Gasteiger partial charge in [0, 0.05) is 33.0 Å². The molecule has 2 fully saturated rings. The van der Waals surface area contributed by atoms with Gasteiger partial charge < -0.3 is 9.64 Å². The van der Waals surface area contributed by atoms with E-state index in [4.69, 9.17) is 4.74 Å². The lowest BCUT2D eigenvalue weighted by molar-refractivity contribution is -0.145. The van der Waals surface area contributed by atoms with Gasteiger partial charge in [-0.05, 0) is 25.2 Å². The van der Waals surface area contributed by atoms with Crippen molar-refractivity contribution >= 4 is 17.7 Å². The van der Waals surface area contributed by atoms with Crippen LogP contribution in [0.15, 0.2) is 0 Å². The van der Waals surface area contributed by atoms with E-state index in [1.807, 2.05) is 0 Å². The average molecular weight is 268 g/mol. The quantitative estimate of drug-likeness (QED) is 0.719. The highest BCUT2D eigenvalue weighted by Crippen LogP contribution is 2.40. The Kier molecular flexibility index (Phi) is 3.89. The Bertz CT molecular complexity index is 381. The third-order valence-electron chi connectivity index (χ3n) is 4.19. The minimum absolute atomic E-state index is 0.0241. The van der Waals surface area contributed by atoms with E-state index in [1.165, 1.54) is 7.11 Å². The third-order valence-corrected chi connectivity index (χ3v) is 4.19. The number of nitrogens with one attached hydrogen (secondary N) is 1. The number of methoxy groups -OCH3 is 1. The van der Waals surface area contributed by atoms with Crippen LogP contribution in [0.2, 0.25) is 0 Å². The number of hydrogen-bond acceptors (Lipinski definition) is 4. The fourth-order valence-corrected chi connectivity index (χ4v) is 2.90. The van der Waals surface area contributed by atoms with Gasteiger partial charge in [0.2, 0.25) is 11.8 Å². The number of carbonyl (C=O) groups excluding carboxylic acids is 3. The molecule has 2 heterocycles. The largest absolute Gasteiger partial charge is 0.372 e. The highest BCUT2D eigenvalue weighted by atomic mass is 16.5. The summed E-state index contributed by atoms with van der Waals surface area (Å²) in [6.07, 6.45) is 1.74. The van der Waals surface area contributed by atoms with Crippen molar-refractivity contribution in [2.24, 2.45) is 5.41 Å². The highest BCUT2D eigenvalue weighted by molar-refractivity contribution is 5.98. The molecular weight excluding hydrogens is 248 g/mol. The van der Waals surface area contributed by atoms with Gasteiger partial charge in [0.1, 0.15) is 6.10 Å². The second kappa shape index (κ2) is 5.28. The van der Waals surface area contributed by atoms with Gasteiger partial charge in [-0.15, -0.1) is 0 Å². The first-order chi connectivity index (χ1) is 8.96. The van der Waals surface area contributed by atoms with Gasteiger partial charge in [-0.2, -0.15) is 0 Å². The van der Waals surface area contributed by atoms with Crippen molar-refractivity contribution in [1.29, 1.82) is 0 Å². The molecule has 6 nitrogen and oxygen atoms in total. The molecule has 0 bridgehead atoms. The first-order valence-corrected chi connectivity index (χ1v) is 6.60. The van der Waals surface area contributed by atoms with E-state index in [1.54, 1.807) is 11.8 Å². The van der Waals surface area contributed by atoms with Crippen LogP contribution < -0.4 is 5.32 Å². The summed E-state index contributed by atoms with van der Waals surface area (Å²) in [4.78, 5) is 36.7. The number of likely N-dealkylation sites (tertiary alicyclic amines) is 1. The lowest BCUT2D eigenvalue weighted by Gasteiger charge is -2.43. The van der Waals surface area contributed by atoms with Crippen LogP contribution in [-0.4, -0.2) is 48.9 Å². The first kappa shape index (κ1) is 14.0. The number of nitrogens with zero attached hydrogens (tertiary/aromatic N) is 1. The van der Waals surface area contributed by atoms with Crippen molar-refractivity contribution in [3.05, 3.63) is 0 Å². The van der Waals surface area contributed by atoms with Gasteiger partial charge >= 0.3 is 0 Å². The monoisotopic (exact) mass is 268 g/mol. The summed E-state index contributed by atoms with van der Waals surface area (Å²) in [5, 5.41) is 2.33. The van der Waals surface area contributed by atoms with E-state index >= 15 is 0 Å². The van der Waals surface area contributed by atoms with Crippen LogP contribution in [-0.2, 0) is 19.1 Å².